The van der Waals surface area contributed by atoms with Gasteiger partial charge in [-0.05, 0) is 55.2 Å². The Morgan fingerprint density at radius 3 is 2.52 bits per heavy atom. The first-order chi connectivity index (χ1) is 13.7. The highest BCUT2D eigenvalue weighted by atomic mass is 127. The minimum Gasteiger partial charge on any atom is -0.474 e. The van der Waals surface area contributed by atoms with E-state index in [9.17, 15) is 4.39 Å². The Bertz CT molecular complexity index is 820. The van der Waals surface area contributed by atoms with Crippen molar-refractivity contribution in [2.24, 2.45) is 10.7 Å². The second-order valence-electron chi connectivity index (χ2n) is 7.30. The van der Waals surface area contributed by atoms with E-state index in [1.54, 1.807) is 6.20 Å². The Morgan fingerprint density at radius 2 is 1.86 bits per heavy atom. The number of hydrogen-bond acceptors (Lipinski definition) is 4. The second kappa shape index (κ2) is 10.1. The summed E-state index contributed by atoms with van der Waals surface area (Å²) in [6.45, 7) is 3.75. The van der Waals surface area contributed by atoms with Crippen molar-refractivity contribution in [1.82, 2.24) is 9.88 Å². The van der Waals surface area contributed by atoms with Crippen molar-refractivity contribution < 1.29 is 9.13 Å². The molecule has 0 amide bonds. The molecule has 1 aromatic carbocycles. The molecule has 1 aliphatic carbocycles. The normalized spacial score (nSPS) is 17.5. The number of rotatable bonds is 5. The number of aromatic nitrogens is 1. The highest BCUT2D eigenvalue weighted by Crippen LogP contribution is 2.24. The standard InChI is InChI=1S/C21H26FN5O.HI/c22-17-4-6-18(7-5-17)26-10-12-27(13-11-26)21(23)25-15-16-8-9-24-20(14-16)28-19-2-1-3-19;/h4-9,14,19H,1-3,10-13,15H2,(H2,23,25);1H. The van der Waals surface area contributed by atoms with E-state index in [4.69, 9.17) is 10.5 Å². The Labute approximate surface area is 188 Å². The van der Waals surface area contributed by atoms with Crippen LogP contribution in [-0.2, 0) is 6.54 Å². The molecule has 2 fully saturated rings. The highest BCUT2D eigenvalue weighted by Gasteiger charge is 2.20. The Hall–Kier alpha value is -2.10. The molecule has 0 unspecified atom stereocenters. The average Bonchev–Trinajstić information content (AvgIpc) is 2.70. The van der Waals surface area contributed by atoms with Crippen LogP contribution in [0.4, 0.5) is 10.1 Å². The molecule has 2 aliphatic rings. The van der Waals surface area contributed by atoms with Crippen molar-refractivity contribution in [3.63, 3.8) is 0 Å². The van der Waals surface area contributed by atoms with Gasteiger partial charge in [-0.1, -0.05) is 0 Å². The lowest BCUT2D eigenvalue weighted by Gasteiger charge is -2.36. The number of piperazine rings is 1. The quantitative estimate of drug-likeness (QED) is 0.379. The van der Waals surface area contributed by atoms with Crippen LogP contribution in [0.3, 0.4) is 0 Å². The molecule has 2 N–H and O–H groups in total. The molecule has 0 bridgehead atoms. The number of pyridine rings is 1. The van der Waals surface area contributed by atoms with Gasteiger partial charge in [-0.2, -0.15) is 0 Å². The number of nitrogens with zero attached hydrogens (tertiary/aromatic N) is 4. The van der Waals surface area contributed by atoms with Crippen LogP contribution in [0.5, 0.6) is 5.88 Å². The van der Waals surface area contributed by atoms with Crippen LogP contribution in [0.2, 0.25) is 0 Å². The van der Waals surface area contributed by atoms with Crippen LogP contribution < -0.4 is 15.4 Å². The fourth-order valence-corrected chi connectivity index (χ4v) is 3.39. The topological polar surface area (TPSA) is 67.0 Å². The number of ether oxygens (including phenoxy) is 1. The third kappa shape index (κ3) is 5.71. The molecule has 156 valence electrons. The first kappa shape index (κ1) is 21.6. The molecule has 1 aromatic heterocycles. The maximum Gasteiger partial charge on any atom is 0.213 e. The van der Waals surface area contributed by atoms with Crippen molar-refractivity contribution in [2.75, 3.05) is 31.1 Å². The second-order valence-corrected chi connectivity index (χ2v) is 7.30. The lowest BCUT2D eigenvalue weighted by Crippen LogP contribution is -2.51. The molecule has 4 rings (SSSR count). The van der Waals surface area contributed by atoms with E-state index >= 15 is 0 Å². The Balaban J connectivity index is 0.00000240. The third-order valence-corrected chi connectivity index (χ3v) is 5.36. The highest BCUT2D eigenvalue weighted by molar-refractivity contribution is 14.0. The first-order valence-corrected chi connectivity index (χ1v) is 9.84. The van der Waals surface area contributed by atoms with Gasteiger partial charge in [0.25, 0.3) is 0 Å². The van der Waals surface area contributed by atoms with Gasteiger partial charge in [0.1, 0.15) is 11.9 Å². The minimum atomic E-state index is -0.212. The van der Waals surface area contributed by atoms with E-state index in [1.165, 1.54) is 18.6 Å². The van der Waals surface area contributed by atoms with Gasteiger partial charge in [-0.25, -0.2) is 14.4 Å². The molecule has 1 saturated heterocycles. The summed E-state index contributed by atoms with van der Waals surface area (Å²) in [5.41, 5.74) is 8.28. The van der Waals surface area contributed by atoms with Crippen LogP contribution in [0.25, 0.3) is 0 Å². The number of nitrogens with two attached hydrogens (primary N) is 1. The molecule has 2 heterocycles. The largest absolute Gasteiger partial charge is 0.474 e. The molecule has 29 heavy (non-hydrogen) atoms. The lowest BCUT2D eigenvalue weighted by atomic mass is 9.96. The average molecular weight is 511 g/mol. The summed E-state index contributed by atoms with van der Waals surface area (Å²) in [4.78, 5) is 13.2. The summed E-state index contributed by atoms with van der Waals surface area (Å²) in [6.07, 6.45) is 5.53. The smallest absolute Gasteiger partial charge is 0.213 e. The fourth-order valence-electron chi connectivity index (χ4n) is 3.39. The van der Waals surface area contributed by atoms with Crippen molar-refractivity contribution in [3.05, 3.63) is 54.0 Å². The summed E-state index contributed by atoms with van der Waals surface area (Å²) >= 11 is 0. The van der Waals surface area contributed by atoms with Gasteiger partial charge >= 0.3 is 0 Å². The van der Waals surface area contributed by atoms with Crippen LogP contribution in [0, 0.1) is 5.82 Å². The maximum absolute atomic E-state index is 13.1. The Kier molecular flexibility index (Phi) is 7.51. The monoisotopic (exact) mass is 511 g/mol. The molecule has 1 saturated carbocycles. The van der Waals surface area contributed by atoms with Gasteiger partial charge in [0.15, 0.2) is 5.96 Å². The number of guanidine groups is 1. The van der Waals surface area contributed by atoms with Crippen molar-refractivity contribution in [1.29, 1.82) is 0 Å². The molecule has 0 atom stereocenters. The summed E-state index contributed by atoms with van der Waals surface area (Å²) in [7, 11) is 0. The summed E-state index contributed by atoms with van der Waals surface area (Å²) in [5.74, 6) is 1.01. The predicted octanol–water partition coefficient (Wildman–Crippen LogP) is 3.41. The van der Waals surface area contributed by atoms with E-state index in [0.29, 0.717) is 24.5 Å². The zero-order valence-electron chi connectivity index (χ0n) is 16.3. The zero-order valence-corrected chi connectivity index (χ0v) is 18.7. The summed E-state index contributed by atoms with van der Waals surface area (Å²) in [6, 6.07) is 10.5. The van der Waals surface area contributed by atoms with E-state index in [1.807, 2.05) is 24.3 Å². The molecule has 8 heteroatoms. The molecule has 1 aliphatic heterocycles. The van der Waals surface area contributed by atoms with Gasteiger partial charge in [-0.3, -0.25) is 0 Å². The minimum absolute atomic E-state index is 0. The van der Waals surface area contributed by atoms with Gasteiger partial charge < -0.3 is 20.3 Å². The van der Waals surface area contributed by atoms with Gasteiger partial charge in [-0.15, -0.1) is 24.0 Å². The third-order valence-electron chi connectivity index (χ3n) is 5.36. The van der Waals surface area contributed by atoms with Crippen LogP contribution >= 0.6 is 24.0 Å². The number of halogens is 2. The number of benzene rings is 1. The van der Waals surface area contributed by atoms with E-state index < -0.39 is 0 Å². The van der Waals surface area contributed by atoms with Crippen molar-refractivity contribution in [2.45, 2.75) is 31.9 Å². The lowest BCUT2D eigenvalue weighted by molar-refractivity contribution is 0.114. The zero-order chi connectivity index (χ0) is 19.3. The molecule has 0 spiro atoms. The van der Waals surface area contributed by atoms with E-state index in [2.05, 4.69) is 19.8 Å². The molecular formula is C21H27FIN5O. The summed E-state index contributed by atoms with van der Waals surface area (Å²) in [5, 5.41) is 0. The van der Waals surface area contributed by atoms with Gasteiger partial charge in [0.2, 0.25) is 5.88 Å². The molecular weight excluding hydrogens is 484 g/mol. The van der Waals surface area contributed by atoms with Crippen LogP contribution in [-0.4, -0.2) is 48.1 Å². The van der Waals surface area contributed by atoms with Crippen LogP contribution in [0.15, 0.2) is 47.6 Å². The molecule has 2 aromatic rings. The fraction of sp³-hybridized carbons (Fsp3) is 0.429. The van der Waals surface area contributed by atoms with E-state index in [0.717, 1.165) is 50.3 Å². The number of hydrogen-bond donors (Lipinski definition) is 1. The van der Waals surface area contributed by atoms with Crippen molar-refractivity contribution >= 4 is 35.6 Å². The van der Waals surface area contributed by atoms with E-state index in [-0.39, 0.29) is 29.8 Å². The first-order valence-electron chi connectivity index (χ1n) is 9.84. The number of aliphatic imine (C=N–C) groups is 1. The number of anilines is 1. The van der Waals surface area contributed by atoms with Gasteiger partial charge in [0.05, 0.1) is 6.54 Å². The molecule has 0 radical (unpaired) electrons. The molecule has 6 nitrogen and oxygen atoms in total. The van der Waals surface area contributed by atoms with Gasteiger partial charge in [0, 0.05) is 44.1 Å². The maximum atomic E-state index is 13.1. The predicted molar refractivity (Wildman–Crippen MR) is 123 cm³/mol. The van der Waals surface area contributed by atoms with Crippen LogP contribution in [0.1, 0.15) is 24.8 Å². The van der Waals surface area contributed by atoms with Crippen molar-refractivity contribution in [3.8, 4) is 5.88 Å². The SMILES string of the molecule is I.NC(=NCc1ccnc(OC2CCC2)c1)N1CCN(c2ccc(F)cc2)CC1. The Morgan fingerprint density at radius 1 is 1.14 bits per heavy atom. The summed E-state index contributed by atoms with van der Waals surface area (Å²) < 4.78 is 18.9.